The number of amides is 2. The molecule has 0 aliphatic carbocycles. The zero-order chi connectivity index (χ0) is 19.1. The van der Waals surface area contributed by atoms with E-state index in [1.807, 2.05) is 0 Å². The minimum atomic E-state index is -0.205. The number of nitrogens with zero attached hydrogens (tertiary/aromatic N) is 1. The first-order valence-electron chi connectivity index (χ1n) is 8.00. The number of ether oxygens (including phenoxy) is 2. The van der Waals surface area contributed by atoms with Crippen molar-refractivity contribution in [3.05, 3.63) is 47.5 Å². The number of halogens is 1. The van der Waals surface area contributed by atoms with Gasteiger partial charge >= 0.3 is 0 Å². The lowest BCUT2D eigenvalue weighted by Gasteiger charge is -2.21. The number of hydrogen-bond acceptors (Lipinski definition) is 4. The van der Waals surface area contributed by atoms with Gasteiger partial charge in [-0.15, -0.1) is 0 Å². The number of benzene rings is 2. The predicted molar refractivity (Wildman–Crippen MR) is 102 cm³/mol. The molecular formula is C19H21ClN2O4. The summed E-state index contributed by atoms with van der Waals surface area (Å²) in [5.41, 5.74) is 1.24. The van der Waals surface area contributed by atoms with Crippen LogP contribution in [0.25, 0.3) is 0 Å². The van der Waals surface area contributed by atoms with E-state index < -0.39 is 0 Å². The quantitative estimate of drug-likeness (QED) is 0.799. The van der Waals surface area contributed by atoms with Crippen LogP contribution in [0.3, 0.4) is 0 Å². The molecular weight excluding hydrogens is 356 g/mol. The highest BCUT2D eigenvalue weighted by Gasteiger charge is 2.15. The first-order chi connectivity index (χ1) is 12.4. The topological polar surface area (TPSA) is 67.9 Å². The van der Waals surface area contributed by atoms with Gasteiger partial charge in [0.15, 0.2) is 0 Å². The Morgan fingerprint density at radius 2 is 1.88 bits per heavy atom. The van der Waals surface area contributed by atoms with E-state index >= 15 is 0 Å². The Kier molecular flexibility index (Phi) is 6.86. The van der Waals surface area contributed by atoms with Crippen molar-refractivity contribution in [1.82, 2.24) is 0 Å². The Morgan fingerprint density at radius 3 is 2.50 bits per heavy atom. The molecule has 138 valence electrons. The van der Waals surface area contributed by atoms with Gasteiger partial charge in [0.1, 0.15) is 11.5 Å². The molecule has 0 saturated heterocycles. The van der Waals surface area contributed by atoms with E-state index in [-0.39, 0.29) is 24.8 Å². The molecule has 0 unspecified atom stereocenters. The number of carbonyl (C=O) groups excluding carboxylic acids is 2. The normalized spacial score (nSPS) is 10.2. The molecule has 26 heavy (non-hydrogen) atoms. The minimum Gasteiger partial charge on any atom is -0.497 e. The number of hydrogen-bond donors (Lipinski definition) is 1. The maximum atomic E-state index is 12.2. The van der Waals surface area contributed by atoms with Crippen molar-refractivity contribution >= 4 is 34.8 Å². The van der Waals surface area contributed by atoms with Crippen molar-refractivity contribution in [2.75, 3.05) is 31.0 Å². The molecule has 2 aromatic rings. The summed E-state index contributed by atoms with van der Waals surface area (Å²) >= 11 is 6.12. The Balaban J connectivity index is 2.02. The van der Waals surface area contributed by atoms with Crippen molar-refractivity contribution in [2.24, 2.45) is 0 Å². The number of nitrogens with one attached hydrogen (secondary N) is 1. The van der Waals surface area contributed by atoms with Crippen molar-refractivity contribution in [3.63, 3.8) is 0 Å². The molecule has 2 aromatic carbocycles. The molecule has 0 aliphatic rings. The van der Waals surface area contributed by atoms with Crippen LogP contribution in [0.2, 0.25) is 5.02 Å². The summed E-state index contributed by atoms with van der Waals surface area (Å²) in [6.45, 7) is 1.67. The molecule has 0 fully saturated rings. The van der Waals surface area contributed by atoms with Crippen molar-refractivity contribution < 1.29 is 19.1 Å². The van der Waals surface area contributed by atoms with Crippen LogP contribution in [-0.2, 0) is 9.59 Å². The Labute approximate surface area is 157 Å². The smallest absolute Gasteiger partial charge is 0.226 e. The van der Waals surface area contributed by atoms with Gasteiger partial charge in [-0.25, -0.2) is 0 Å². The van der Waals surface area contributed by atoms with Gasteiger partial charge in [0.25, 0.3) is 0 Å². The fraction of sp³-hybridized carbons (Fsp3) is 0.263. The molecule has 0 atom stereocenters. The average molecular weight is 377 g/mol. The van der Waals surface area contributed by atoms with Crippen LogP contribution in [0.5, 0.6) is 11.5 Å². The van der Waals surface area contributed by atoms with Crippen LogP contribution in [0, 0.1) is 0 Å². The largest absolute Gasteiger partial charge is 0.497 e. The lowest BCUT2D eigenvalue weighted by molar-refractivity contribution is -0.117. The van der Waals surface area contributed by atoms with E-state index in [0.717, 1.165) is 0 Å². The fourth-order valence-electron chi connectivity index (χ4n) is 2.43. The van der Waals surface area contributed by atoms with E-state index in [0.29, 0.717) is 27.9 Å². The van der Waals surface area contributed by atoms with Gasteiger partial charge in [0.05, 0.1) is 19.2 Å². The Morgan fingerprint density at radius 1 is 1.12 bits per heavy atom. The number of anilines is 2. The summed E-state index contributed by atoms with van der Waals surface area (Å²) in [5, 5.41) is 3.19. The number of methoxy groups -OCH3 is 2. The minimum absolute atomic E-state index is 0.139. The van der Waals surface area contributed by atoms with E-state index in [4.69, 9.17) is 21.1 Å². The van der Waals surface area contributed by atoms with Crippen LogP contribution >= 0.6 is 11.6 Å². The van der Waals surface area contributed by atoms with Gasteiger partial charge in [-0.2, -0.15) is 0 Å². The zero-order valence-corrected chi connectivity index (χ0v) is 15.7. The molecule has 0 aliphatic heterocycles. The van der Waals surface area contributed by atoms with Gasteiger partial charge in [-0.05, 0) is 30.3 Å². The number of carbonyl (C=O) groups is 2. The van der Waals surface area contributed by atoms with Crippen LogP contribution in [0.1, 0.15) is 13.3 Å². The van der Waals surface area contributed by atoms with Crippen LogP contribution in [0.15, 0.2) is 42.5 Å². The van der Waals surface area contributed by atoms with Crippen LogP contribution in [-0.4, -0.2) is 32.6 Å². The predicted octanol–water partition coefficient (Wildman–Crippen LogP) is 3.74. The summed E-state index contributed by atoms with van der Waals surface area (Å²) in [6, 6.07) is 12.1. The van der Waals surface area contributed by atoms with E-state index in [1.54, 1.807) is 49.6 Å². The summed E-state index contributed by atoms with van der Waals surface area (Å²) in [4.78, 5) is 25.7. The third kappa shape index (κ3) is 5.13. The second-order valence-electron chi connectivity index (χ2n) is 5.52. The highest BCUT2D eigenvalue weighted by atomic mass is 35.5. The summed E-state index contributed by atoms with van der Waals surface area (Å²) in [7, 11) is 3.08. The first kappa shape index (κ1) is 19.6. The second-order valence-corrected chi connectivity index (χ2v) is 5.93. The number of rotatable bonds is 7. The maximum Gasteiger partial charge on any atom is 0.226 e. The SMILES string of the molecule is COc1cccc(NC(=O)CCN(C(C)=O)c2ccc(OC)c(Cl)c2)c1. The van der Waals surface area contributed by atoms with E-state index in [2.05, 4.69) is 5.32 Å². The second kappa shape index (κ2) is 9.10. The zero-order valence-electron chi connectivity index (χ0n) is 14.9. The molecule has 1 N–H and O–H groups in total. The molecule has 0 bridgehead atoms. The first-order valence-corrected chi connectivity index (χ1v) is 8.38. The van der Waals surface area contributed by atoms with Crippen molar-refractivity contribution in [2.45, 2.75) is 13.3 Å². The van der Waals surface area contributed by atoms with Crippen LogP contribution in [0.4, 0.5) is 11.4 Å². The van der Waals surface area contributed by atoms with Gasteiger partial charge in [-0.3, -0.25) is 9.59 Å². The van der Waals surface area contributed by atoms with E-state index in [9.17, 15) is 9.59 Å². The van der Waals surface area contributed by atoms with Crippen LogP contribution < -0.4 is 19.7 Å². The molecule has 6 nitrogen and oxygen atoms in total. The summed E-state index contributed by atoms with van der Waals surface area (Å²) < 4.78 is 10.2. The molecule has 2 rings (SSSR count). The molecule has 0 spiro atoms. The standard InChI is InChI=1S/C19H21ClN2O4/c1-13(23)22(15-7-8-18(26-3)17(20)12-15)10-9-19(24)21-14-5-4-6-16(11-14)25-2/h4-8,11-12H,9-10H2,1-3H3,(H,21,24). The lowest BCUT2D eigenvalue weighted by atomic mass is 10.2. The molecule has 0 aromatic heterocycles. The summed E-state index contributed by atoms with van der Waals surface area (Å²) in [6.07, 6.45) is 0.139. The fourth-order valence-corrected chi connectivity index (χ4v) is 2.68. The van der Waals surface area contributed by atoms with Gasteiger partial charge in [0, 0.05) is 37.3 Å². The molecule has 7 heteroatoms. The monoisotopic (exact) mass is 376 g/mol. The average Bonchev–Trinajstić information content (AvgIpc) is 2.62. The van der Waals surface area contributed by atoms with Gasteiger partial charge < -0.3 is 19.7 Å². The van der Waals surface area contributed by atoms with Crippen molar-refractivity contribution in [1.29, 1.82) is 0 Å². The molecule has 0 radical (unpaired) electrons. The lowest BCUT2D eigenvalue weighted by Crippen LogP contribution is -2.31. The molecule has 0 heterocycles. The Hall–Kier alpha value is -2.73. The highest BCUT2D eigenvalue weighted by Crippen LogP contribution is 2.29. The highest BCUT2D eigenvalue weighted by molar-refractivity contribution is 6.32. The van der Waals surface area contributed by atoms with Crippen molar-refractivity contribution in [3.8, 4) is 11.5 Å². The van der Waals surface area contributed by atoms with Gasteiger partial charge in [0.2, 0.25) is 11.8 Å². The molecule has 0 saturated carbocycles. The third-order valence-electron chi connectivity index (χ3n) is 3.74. The summed E-state index contributed by atoms with van der Waals surface area (Å²) in [5.74, 6) is 0.792. The van der Waals surface area contributed by atoms with Gasteiger partial charge in [-0.1, -0.05) is 17.7 Å². The maximum absolute atomic E-state index is 12.2. The Bertz CT molecular complexity index is 795. The molecule has 2 amide bonds. The third-order valence-corrected chi connectivity index (χ3v) is 4.04. The van der Waals surface area contributed by atoms with E-state index in [1.165, 1.54) is 18.9 Å².